The van der Waals surface area contributed by atoms with E-state index in [0.29, 0.717) is 39.7 Å². The molecular weight excluding hydrogens is 473 g/mol. The number of nitrogens with zero attached hydrogens (tertiary/aromatic N) is 4. The van der Waals surface area contributed by atoms with Gasteiger partial charge in [0.2, 0.25) is 11.8 Å². The monoisotopic (exact) mass is 496 g/mol. The van der Waals surface area contributed by atoms with Gasteiger partial charge in [-0.3, -0.25) is 0 Å². The van der Waals surface area contributed by atoms with Gasteiger partial charge in [-0.15, -0.1) is 20.4 Å². The molecule has 33 heavy (non-hydrogen) atoms. The molecule has 3 aromatic rings. The van der Waals surface area contributed by atoms with Crippen molar-refractivity contribution in [3.8, 4) is 0 Å². The Bertz CT molecular complexity index is 1140. The molecule has 0 N–H and O–H groups in total. The molecule has 1 fully saturated rings. The van der Waals surface area contributed by atoms with Gasteiger partial charge in [0.25, 0.3) is 10.4 Å². The zero-order valence-electron chi connectivity index (χ0n) is 18.5. The standard InChI is InChI=1S/C22H23F3N4O2S2/c1-12(2)9-15-17(21(15,3)4)18-27-29-20(31-18)33-11-16-26-28-19(30-16)32-10-13-5-7-14(8-6-13)22(23,24)25/h5-9,15,17H,10-11H2,1-4H3. The molecule has 0 saturated heterocycles. The van der Waals surface area contributed by atoms with Gasteiger partial charge in [0.1, 0.15) is 0 Å². The Balaban J connectivity index is 1.28. The molecule has 0 amide bonds. The van der Waals surface area contributed by atoms with E-state index in [1.165, 1.54) is 41.2 Å². The summed E-state index contributed by atoms with van der Waals surface area (Å²) in [4.78, 5) is 0. The minimum atomic E-state index is -4.34. The van der Waals surface area contributed by atoms with Crippen molar-refractivity contribution in [2.75, 3.05) is 0 Å². The molecule has 11 heteroatoms. The van der Waals surface area contributed by atoms with Crippen LogP contribution in [0.25, 0.3) is 0 Å². The Hall–Kier alpha value is -2.27. The molecule has 1 saturated carbocycles. The number of rotatable bonds is 8. The summed E-state index contributed by atoms with van der Waals surface area (Å²) in [7, 11) is 0. The number of aromatic nitrogens is 4. The number of thioether (sulfide) groups is 2. The van der Waals surface area contributed by atoms with E-state index in [2.05, 4.69) is 54.2 Å². The largest absolute Gasteiger partial charge is 0.416 e. The van der Waals surface area contributed by atoms with Gasteiger partial charge in [-0.1, -0.05) is 61.2 Å². The molecular formula is C22H23F3N4O2S2. The van der Waals surface area contributed by atoms with Gasteiger partial charge in [0.15, 0.2) is 0 Å². The zero-order valence-corrected chi connectivity index (χ0v) is 20.1. The van der Waals surface area contributed by atoms with Crippen LogP contribution in [0.5, 0.6) is 0 Å². The molecule has 4 rings (SSSR count). The first-order valence-electron chi connectivity index (χ1n) is 10.3. The zero-order chi connectivity index (χ0) is 23.8. The van der Waals surface area contributed by atoms with Gasteiger partial charge in [-0.25, -0.2) is 0 Å². The fraction of sp³-hybridized carbons (Fsp3) is 0.455. The van der Waals surface area contributed by atoms with Crippen LogP contribution in [0.1, 0.15) is 56.5 Å². The quantitative estimate of drug-likeness (QED) is 0.250. The van der Waals surface area contributed by atoms with Crippen LogP contribution in [0.4, 0.5) is 13.2 Å². The Morgan fingerprint density at radius 3 is 2.27 bits per heavy atom. The first kappa shape index (κ1) is 23.9. The Kier molecular flexibility index (Phi) is 6.63. The molecule has 2 unspecified atom stereocenters. The third-order valence-electron chi connectivity index (χ3n) is 5.52. The predicted octanol–water partition coefficient (Wildman–Crippen LogP) is 6.76. The number of alkyl halides is 3. The third-order valence-corrected chi connectivity index (χ3v) is 7.22. The van der Waals surface area contributed by atoms with Gasteiger partial charge in [-0.2, -0.15) is 13.2 Å². The number of halogens is 3. The number of hydrogen-bond acceptors (Lipinski definition) is 8. The normalized spacial score (nSPS) is 19.5. The lowest BCUT2D eigenvalue weighted by molar-refractivity contribution is -0.137. The second kappa shape index (κ2) is 9.17. The van der Waals surface area contributed by atoms with Crippen molar-refractivity contribution in [1.82, 2.24) is 20.4 Å². The van der Waals surface area contributed by atoms with Crippen LogP contribution >= 0.6 is 23.5 Å². The third kappa shape index (κ3) is 5.63. The topological polar surface area (TPSA) is 77.8 Å². The first-order valence-corrected chi connectivity index (χ1v) is 12.2. The maximum Gasteiger partial charge on any atom is 0.416 e. The Labute approximate surface area is 197 Å². The molecule has 2 heterocycles. The molecule has 1 aliphatic carbocycles. The number of allylic oxidation sites excluding steroid dienone is 2. The van der Waals surface area contributed by atoms with Crippen LogP contribution < -0.4 is 0 Å². The lowest BCUT2D eigenvalue weighted by Gasteiger charge is -2.06. The van der Waals surface area contributed by atoms with Crippen molar-refractivity contribution in [2.45, 2.75) is 61.7 Å². The van der Waals surface area contributed by atoms with Gasteiger partial charge < -0.3 is 8.83 Å². The van der Waals surface area contributed by atoms with E-state index in [9.17, 15) is 13.2 Å². The minimum absolute atomic E-state index is 0.0947. The van der Waals surface area contributed by atoms with Gasteiger partial charge in [0, 0.05) is 11.7 Å². The van der Waals surface area contributed by atoms with Gasteiger partial charge in [0.05, 0.1) is 11.3 Å². The second-order valence-corrected chi connectivity index (χ2v) is 10.6. The van der Waals surface area contributed by atoms with E-state index in [-0.39, 0.29) is 11.3 Å². The van der Waals surface area contributed by atoms with E-state index in [1.54, 1.807) is 0 Å². The molecule has 6 nitrogen and oxygen atoms in total. The van der Waals surface area contributed by atoms with E-state index in [0.717, 1.165) is 17.7 Å². The number of hydrogen-bond donors (Lipinski definition) is 0. The fourth-order valence-corrected chi connectivity index (χ4v) is 4.98. The van der Waals surface area contributed by atoms with E-state index < -0.39 is 11.7 Å². The highest BCUT2D eigenvalue weighted by Gasteiger charge is 2.60. The van der Waals surface area contributed by atoms with Crippen molar-refractivity contribution in [3.63, 3.8) is 0 Å². The maximum atomic E-state index is 12.7. The van der Waals surface area contributed by atoms with Crippen molar-refractivity contribution in [3.05, 3.63) is 58.8 Å². The smallest absolute Gasteiger partial charge is 0.416 e. The summed E-state index contributed by atoms with van der Waals surface area (Å²) in [6.45, 7) is 8.56. The van der Waals surface area contributed by atoms with Crippen molar-refractivity contribution in [2.24, 2.45) is 11.3 Å². The van der Waals surface area contributed by atoms with E-state index >= 15 is 0 Å². The average Bonchev–Trinajstić information content (AvgIpc) is 3.16. The average molecular weight is 497 g/mol. The summed E-state index contributed by atoms with van der Waals surface area (Å²) in [5, 5.41) is 17.1. The van der Waals surface area contributed by atoms with Gasteiger partial charge in [-0.05, 0) is 42.9 Å². The predicted molar refractivity (Wildman–Crippen MR) is 119 cm³/mol. The summed E-state index contributed by atoms with van der Waals surface area (Å²) in [6.07, 6.45) is -2.09. The lowest BCUT2D eigenvalue weighted by atomic mass is 10.1. The molecule has 1 aliphatic rings. The lowest BCUT2D eigenvalue weighted by Crippen LogP contribution is -2.04. The summed E-state index contributed by atoms with van der Waals surface area (Å²) < 4.78 is 49.4. The van der Waals surface area contributed by atoms with Crippen LogP contribution in [0.2, 0.25) is 0 Å². The highest BCUT2D eigenvalue weighted by Crippen LogP contribution is 2.65. The van der Waals surface area contributed by atoms with Crippen molar-refractivity contribution >= 4 is 23.5 Å². The Morgan fingerprint density at radius 1 is 0.970 bits per heavy atom. The van der Waals surface area contributed by atoms with E-state index in [4.69, 9.17) is 8.83 Å². The molecule has 0 aliphatic heterocycles. The fourth-order valence-electron chi connectivity index (χ4n) is 3.64. The van der Waals surface area contributed by atoms with E-state index in [1.807, 2.05) is 0 Å². The van der Waals surface area contributed by atoms with Crippen LogP contribution in [0.3, 0.4) is 0 Å². The summed E-state index contributed by atoms with van der Waals surface area (Å²) >= 11 is 2.58. The van der Waals surface area contributed by atoms with Crippen molar-refractivity contribution < 1.29 is 22.0 Å². The highest BCUT2D eigenvalue weighted by atomic mass is 32.2. The number of benzene rings is 1. The molecule has 2 atom stereocenters. The van der Waals surface area contributed by atoms with Crippen molar-refractivity contribution in [1.29, 1.82) is 0 Å². The van der Waals surface area contributed by atoms with Crippen LogP contribution in [0.15, 0.2) is 55.2 Å². The second-order valence-electron chi connectivity index (χ2n) is 8.71. The van der Waals surface area contributed by atoms with Crippen LogP contribution in [0, 0.1) is 11.3 Å². The summed E-state index contributed by atoms with van der Waals surface area (Å²) in [5.74, 6) is 2.45. The molecule has 0 spiro atoms. The Morgan fingerprint density at radius 2 is 1.61 bits per heavy atom. The summed E-state index contributed by atoms with van der Waals surface area (Å²) in [5.41, 5.74) is 1.43. The molecule has 0 radical (unpaired) electrons. The van der Waals surface area contributed by atoms with Gasteiger partial charge >= 0.3 is 6.18 Å². The maximum absolute atomic E-state index is 12.7. The summed E-state index contributed by atoms with van der Waals surface area (Å²) in [6, 6.07) is 5.02. The molecule has 0 bridgehead atoms. The SMILES string of the molecule is CC(C)=CC1C(c2nnc(SCc3nnc(SCc4ccc(C(F)(F)F)cc4)o3)o2)C1(C)C. The highest BCUT2D eigenvalue weighted by molar-refractivity contribution is 7.98. The molecule has 2 aromatic heterocycles. The molecule has 176 valence electrons. The minimum Gasteiger partial charge on any atom is -0.416 e. The first-order chi connectivity index (χ1) is 15.5. The van der Waals surface area contributed by atoms with Crippen LogP contribution in [-0.4, -0.2) is 20.4 Å². The molecule has 1 aromatic carbocycles. The van der Waals surface area contributed by atoms with Crippen LogP contribution in [-0.2, 0) is 17.7 Å².